The number of thiol groups is 1. The molecule has 5 heteroatoms. The fraction of sp³-hybridized carbons (Fsp3) is 0.364. The molecule has 1 aliphatic rings. The summed E-state index contributed by atoms with van der Waals surface area (Å²) in [6.45, 7) is 2.42. The Bertz CT molecular complexity index is 500. The lowest BCUT2D eigenvalue weighted by atomic mass is 10.2. The number of benzene rings is 1. The normalized spacial score (nSPS) is 16.1. The van der Waals surface area contributed by atoms with E-state index in [-0.39, 0.29) is 5.91 Å². The van der Waals surface area contributed by atoms with Crippen LogP contribution >= 0.6 is 0 Å². The Morgan fingerprint density at radius 1 is 1.31 bits per heavy atom. The molecule has 0 atom stereocenters. The monoisotopic (exact) mass is 239 g/mol. The second-order valence-electron chi connectivity index (χ2n) is 3.83. The zero-order valence-electron chi connectivity index (χ0n) is 8.97. The maximum absolute atomic E-state index is 11.6. The number of anilines is 1. The van der Waals surface area contributed by atoms with E-state index in [9.17, 15) is 13.2 Å². The van der Waals surface area contributed by atoms with Crippen molar-refractivity contribution < 1.29 is 13.2 Å². The van der Waals surface area contributed by atoms with Crippen molar-refractivity contribution in [3.63, 3.8) is 0 Å². The van der Waals surface area contributed by atoms with E-state index in [1.165, 1.54) is 0 Å². The smallest absolute Gasteiger partial charge is 0.227 e. The topological polar surface area (TPSA) is 54.5 Å². The molecule has 1 heterocycles. The van der Waals surface area contributed by atoms with Gasteiger partial charge in [0.25, 0.3) is 0 Å². The van der Waals surface area contributed by atoms with E-state index in [1.54, 1.807) is 30.0 Å². The lowest BCUT2D eigenvalue weighted by molar-refractivity contribution is -0.117. The molecular formula is C11H13NO3S. The van der Waals surface area contributed by atoms with Gasteiger partial charge in [-0.2, -0.15) is 0 Å². The third kappa shape index (κ3) is 1.82. The van der Waals surface area contributed by atoms with Crippen LogP contribution in [0.4, 0.5) is 5.69 Å². The highest BCUT2D eigenvalue weighted by Gasteiger charge is 2.23. The Morgan fingerprint density at radius 2 is 2.06 bits per heavy atom. The predicted molar refractivity (Wildman–Crippen MR) is 61.3 cm³/mol. The van der Waals surface area contributed by atoms with Gasteiger partial charge in [0.15, 0.2) is 10.7 Å². The van der Waals surface area contributed by atoms with E-state index in [0.29, 0.717) is 23.4 Å². The van der Waals surface area contributed by atoms with Gasteiger partial charge in [0.1, 0.15) is 0 Å². The zero-order valence-corrected chi connectivity index (χ0v) is 9.87. The van der Waals surface area contributed by atoms with Crippen molar-refractivity contribution in [3.05, 3.63) is 23.8 Å². The van der Waals surface area contributed by atoms with E-state index in [4.69, 9.17) is 0 Å². The van der Waals surface area contributed by atoms with Crippen molar-refractivity contribution in [2.45, 2.75) is 24.7 Å². The number of rotatable bonds is 2. The van der Waals surface area contributed by atoms with Gasteiger partial charge in [-0.05, 0) is 31.0 Å². The highest BCUT2D eigenvalue weighted by Crippen LogP contribution is 2.27. The largest absolute Gasteiger partial charge is 0.312 e. The summed E-state index contributed by atoms with van der Waals surface area (Å²) in [4.78, 5) is 13.5. The summed E-state index contributed by atoms with van der Waals surface area (Å²) < 4.78 is 22.0. The summed E-state index contributed by atoms with van der Waals surface area (Å²) in [5.41, 5.74) is 1.38. The van der Waals surface area contributed by atoms with Crippen LogP contribution in [0.3, 0.4) is 0 Å². The molecule has 16 heavy (non-hydrogen) atoms. The maximum atomic E-state index is 11.6. The Balaban J connectivity index is 2.49. The van der Waals surface area contributed by atoms with Crippen LogP contribution in [0.5, 0.6) is 0 Å². The summed E-state index contributed by atoms with van der Waals surface area (Å²) in [7, 11) is -2.60. The van der Waals surface area contributed by atoms with Crippen molar-refractivity contribution in [1.82, 2.24) is 0 Å². The number of hydrogen-bond acceptors (Lipinski definition) is 3. The van der Waals surface area contributed by atoms with Crippen molar-refractivity contribution >= 4 is 22.3 Å². The van der Waals surface area contributed by atoms with Crippen molar-refractivity contribution in [2.75, 3.05) is 11.4 Å². The van der Waals surface area contributed by atoms with E-state index >= 15 is 0 Å². The summed E-state index contributed by atoms with van der Waals surface area (Å²) in [6, 6.07) is 5.03. The maximum Gasteiger partial charge on any atom is 0.227 e. The van der Waals surface area contributed by atoms with Gasteiger partial charge in [0.05, 0.1) is 4.90 Å². The molecule has 1 saturated heterocycles. The summed E-state index contributed by atoms with van der Waals surface area (Å²) in [5.74, 6) is 0.0707. The van der Waals surface area contributed by atoms with Crippen LogP contribution in [0, 0.1) is 6.92 Å². The molecule has 0 radical (unpaired) electrons. The highest BCUT2D eigenvalue weighted by atomic mass is 32.2. The minimum atomic E-state index is -2.60. The molecule has 0 unspecified atom stereocenters. The van der Waals surface area contributed by atoms with Crippen LogP contribution < -0.4 is 4.90 Å². The van der Waals surface area contributed by atoms with Gasteiger partial charge >= 0.3 is 0 Å². The Morgan fingerprint density at radius 3 is 2.62 bits per heavy atom. The molecule has 0 aromatic heterocycles. The van der Waals surface area contributed by atoms with Crippen molar-refractivity contribution in [3.8, 4) is 0 Å². The van der Waals surface area contributed by atoms with E-state index in [2.05, 4.69) is 0 Å². The number of amides is 1. The van der Waals surface area contributed by atoms with E-state index < -0.39 is 10.7 Å². The van der Waals surface area contributed by atoms with Crippen LogP contribution in [-0.2, 0) is 15.5 Å². The average molecular weight is 239 g/mol. The molecule has 0 aliphatic carbocycles. The third-order valence-electron chi connectivity index (χ3n) is 2.84. The number of carbonyl (C=O) groups excluding carboxylic acids is 1. The lowest BCUT2D eigenvalue weighted by Crippen LogP contribution is -2.24. The van der Waals surface area contributed by atoms with Gasteiger partial charge in [-0.15, -0.1) is 0 Å². The summed E-state index contributed by atoms with van der Waals surface area (Å²) in [5, 5.41) is 0. The predicted octanol–water partition coefficient (Wildman–Crippen LogP) is 1.09. The minimum Gasteiger partial charge on any atom is -0.312 e. The van der Waals surface area contributed by atoms with Crippen LogP contribution in [0.1, 0.15) is 18.4 Å². The summed E-state index contributed by atoms with van der Waals surface area (Å²) >= 11 is 0. The molecule has 0 N–H and O–H groups in total. The molecule has 0 bridgehead atoms. The lowest BCUT2D eigenvalue weighted by Gasteiger charge is -2.18. The number of hydrogen-bond donors (Lipinski definition) is 1. The molecule has 1 aliphatic heterocycles. The fourth-order valence-electron chi connectivity index (χ4n) is 2.00. The van der Waals surface area contributed by atoms with E-state index in [0.717, 1.165) is 12.1 Å². The van der Waals surface area contributed by atoms with Crippen LogP contribution in [0.2, 0.25) is 0 Å². The first-order valence-corrected chi connectivity index (χ1v) is 6.33. The highest BCUT2D eigenvalue weighted by molar-refractivity contribution is 7.72. The van der Waals surface area contributed by atoms with Crippen LogP contribution in [0.25, 0.3) is 0 Å². The van der Waals surface area contributed by atoms with Crippen LogP contribution in [0.15, 0.2) is 23.1 Å². The molecule has 86 valence electrons. The molecule has 1 amide bonds. The van der Waals surface area contributed by atoms with Gasteiger partial charge < -0.3 is 4.90 Å². The van der Waals surface area contributed by atoms with Gasteiger partial charge in [-0.3, -0.25) is 4.79 Å². The van der Waals surface area contributed by atoms with E-state index in [1.807, 2.05) is 0 Å². The standard InChI is InChI=1S/C11H13NO3S/c1-8-9(12-7-3-6-11(12)13)4-2-5-10(8)16(14)15/h2,4-5,16H,3,6-7H2,1H3. The third-order valence-corrected chi connectivity index (χ3v) is 3.72. The quantitative estimate of drug-likeness (QED) is 0.786. The first kappa shape index (κ1) is 11.1. The SMILES string of the molecule is Cc1c(N2CCCC2=O)cccc1[SH](=O)=O. The Kier molecular flexibility index (Phi) is 2.96. The van der Waals surface area contributed by atoms with Gasteiger partial charge in [0, 0.05) is 18.7 Å². The van der Waals surface area contributed by atoms with Gasteiger partial charge in [-0.1, -0.05) is 6.07 Å². The molecule has 4 nitrogen and oxygen atoms in total. The molecule has 1 fully saturated rings. The fourth-order valence-corrected chi connectivity index (χ4v) is 2.60. The van der Waals surface area contributed by atoms with Gasteiger partial charge in [-0.25, -0.2) is 8.42 Å². The van der Waals surface area contributed by atoms with Crippen molar-refractivity contribution in [2.24, 2.45) is 0 Å². The molecule has 0 saturated carbocycles. The van der Waals surface area contributed by atoms with Crippen molar-refractivity contribution in [1.29, 1.82) is 0 Å². The van der Waals surface area contributed by atoms with Gasteiger partial charge in [0.2, 0.25) is 5.91 Å². The van der Waals surface area contributed by atoms with Crippen LogP contribution in [-0.4, -0.2) is 20.9 Å². The Hall–Kier alpha value is -1.36. The zero-order chi connectivity index (χ0) is 11.7. The second-order valence-corrected chi connectivity index (χ2v) is 4.82. The summed E-state index contributed by atoms with van der Waals surface area (Å²) in [6.07, 6.45) is 1.39. The number of nitrogens with zero attached hydrogens (tertiary/aromatic N) is 1. The number of carbonyl (C=O) groups is 1. The molecule has 0 spiro atoms. The molecule has 1 aromatic carbocycles. The Labute approximate surface area is 95.8 Å². The minimum absolute atomic E-state index is 0.0707. The average Bonchev–Trinajstić information content (AvgIpc) is 2.64. The first-order chi connectivity index (χ1) is 7.61. The molecule has 2 rings (SSSR count). The first-order valence-electron chi connectivity index (χ1n) is 5.15. The second kappa shape index (κ2) is 4.25. The molecule has 1 aromatic rings. The molecular weight excluding hydrogens is 226 g/mol.